The fraction of sp³-hybridized carbons (Fsp3) is 0.0526. The summed E-state index contributed by atoms with van der Waals surface area (Å²) in [6.45, 7) is 4.26. The Hall–Kier alpha value is -5.46. The first kappa shape index (κ1) is 24.6. The van der Waals surface area contributed by atoms with E-state index in [0.29, 0.717) is 5.56 Å². The number of pyridine rings is 1. The Balaban J connectivity index is 1.62. The van der Waals surface area contributed by atoms with Gasteiger partial charge in [0.25, 0.3) is 0 Å². The first-order chi connectivity index (χ1) is 20.1. The average Bonchev–Trinajstić information content (AvgIpc) is 3.36. The Morgan fingerprint density at radius 3 is 1.66 bits per heavy atom. The summed E-state index contributed by atoms with van der Waals surface area (Å²) in [5, 5.41) is 12.7. The maximum atomic E-state index is 10.3. The highest BCUT2D eigenvalue weighted by Crippen LogP contribution is 2.42. The van der Waals surface area contributed by atoms with E-state index in [1.807, 2.05) is 18.2 Å². The van der Waals surface area contributed by atoms with Gasteiger partial charge in [-0.2, -0.15) is 5.26 Å². The molecule has 0 aliphatic rings. The second kappa shape index (κ2) is 9.93. The number of nitriles is 1. The van der Waals surface area contributed by atoms with Crippen LogP contribution in [0, 0.1) is 25.2 Å². The fourth-order valence-electron chi connectivity index (χ4n) is 6.01. The van der Waals surface area contributed by atoms with Crippen LogP contribution in [0.1, 0.15) is 16.7 Å². The lowest BCUT2D eigenvalue weighted by Gasteiger charge is -2.16. The largest absolute Gasteiger partial charge is 0.308 e. The standard InChI is InChI=1S/C38H27N3/c1-25-7-3-9-28(21-25)33-11-5-13-35-36-14-6-12-34(29-10-4-8-26(2)22-29)38(36)41(37(33)35)31-15-16-32(30(23-31)24-39)27-17-19-40-20-18-27/h3-23H,1-2H3. The monoisotopic (exact) mass is 525 g/mol. The number of aryl methyl sites for hydroxylation is 2. The van der Waals surface area contributed by atoms with Crippen molar-refractivity contribution >= 4 is 21.8 Å². The van der Waals surface area contributed by atoms with Gasteiger partial charge in [0, 0.05) is 40.0 Å². The maximum absolute atomic E-state index is 10.3. The van der Waals surface area contributed by atoms with Crippen LogP contribution < -0.4 is 0 Å². The van der Waals surface area contributed by atoms with Crippen LogP contribution >= 0.6 is 0 Å². The molecular weight excluding hydrogens is 498 g/mol. The molecule has 7 aromatic rings. The summed E-state index contributed by atoms with van der Waals surface area (Å²) >= 11 is 0. The Kier molecular flexibility index (Phi) is 5.95. The molecule has 0 bridgehead atoms. The second-order valence-electron chi connectivity index (χ2n) is 10.6. The highest BCUT2D eigenvalue weighted by Gasteiger charge is 2.20. The van der Waals surface area contributed by atoms with E-state index in [-0.39, 0.29) is 0 Å². The molecule has 0 aliphatic heterocycles. The molecule has 194 valence electrons. The second-order valence-corrected chi connectivity index (χ2v) is 10.6. The summed E-state index contributed by atoms with van der Waals surface area (Å²) in [6, 6.07) is 43.0. The SMILES string of the molecule is Cc1cccc(-c2cccc3c4cccc(-c5cccc(C)c5)c4n(-c4ccc(-c5ccncc5)c(C#N)c4)c23)c1. The molecule has 3 heteroatoms. The predicted octanol–water partition coefficient (Wildman–Crippen LogP) is 9.67. The predicted molar refractivity (Wildman–Crippen MR) is 169 cm³/mol. The first-order valence-corrected chi connectivity index (χ1v) is 13.8. The number of hydrogen-bond acceptors (Lipinski definition) is 2. The third-order valence-corrected chi connectivity index (χ3v) is 7.84. The van der Waals surface area contributed by atoms with Crippen LogP contribution in [-0.4, -0.2) is 9.55 Å². The third kappa shape index (κ3) is 4.18. The summed E-state index contributed by atoms with van der Waals surface area (Å²) in [7, 11) is 0. The zero-order valence-corrected chi connectivity index (χ0v) is 23.0. The van der Waals surface area contributed by atoms with Crippen LogP contribution in [0.4, 0.5) is 0 Å². The van der Waals surface area contributed by atoms with Crippen LogP contribution in [-0.2, 0) is 0 Å². The highest BCUT2D eigenvalue weighted by molar-refractivity contribution is 6.17. The summed E-state index contributed by atoms with van der Waals surface area (Å²) < 4.78 is 2.36. The van der Waals surface area contributed by atoms with E-state index < -0.39 is 0 Å². The van der Waals surface area contributed by atoms with Gasteiger partial charge in [0.05, 0.1) is 22.7 Å². The van der Waals surface area contributed by atoms with Crippen molar-refractivity contribution in [1.29, 1.82) is 5.26 Å². The highest BCUT2D eigenvalue weighted by atomic mass is 15.0. The minimum absolute atomic E-state index is 0.629. The number of rotatable bonds is 4. The molecule has 0 atom stereocenters. The van der Waals surface area contributed by atoms with Gasteiger partial charge in [0.2, 0.25) is 0 Å². The molecule has 7 rings (SSSR count). The molecule has 0 spiro atoms. The summed E-state index contributed by atoms with van der Waals surface area (Å²) in [5.74, 6) is 0. The molecule has 0 radical (unpaired) electrons. The Labute approximate surface area is 239 Å². The van der Waals surface area contributed by atoms with Gasteiger partial charge in [0.15, 0.2) is 0 Å². The van der Waals surface area contributed by atoms with E-state index in [2.05, 4.69) is 127 Å². The van der Waals surface area contributed by atoms with Crippen LogP contribution in [0.3, 0.4) is 0 Å². The van der Waals surface area contributed by atoms with E-state index in [1.54, 1.807) is 12.4 Å². The van der Waals surface area contributed by atoms with E-state index in [4.69, 9.17) is 0 Å². The molecule has 0 saturated heterocycles. The van der Waals surface area contributed by atoms with Crippen molar-refractivity contribution in [3.63, 3.8) is 0 Å². The molecule has 0 amide bonds. The molecule has 0 saturated carbocycles. The van der Waals surface area contributed by atoms with Crippen molar-refractivity contribution in [3.8, 4) is 45.1 Å². The summed E-state index contributed by atoms with van der Waals surface area (Å²) in [5.41, 5.74) is 12.8. The zero-order chi connectivity index (χ0) is 27.9. The molecule has 0 N–H and O–H groups in total. The minimum Gasteiger partial charge on any atom is -0.308 e. The molecule has 3 nitrogen and oxygen atoms in total. The fourth-order valence-corrected chi connectivity index (χ4v) is 6.01. The van der Waals surface area contributed by atoms with Crippen LogP contribution in [0.25, 0.3) is 60.9 Å². The normalized spacial score (nSPS) is 11.1. The number of aromatic nitrogens is 2. The average molecular weight is 526 g/mol. The lowest BCUT2D eigenvalue weighted by Crippen LogP contribution is -1.99. The Morgan fingerprint density at radius 2 is 1.12 bits per heavy atom. The topological polar surface area (TPSA) is 41.6 Å². The van der Waals surface area contributed by atoms with Crippen LogP contribution in [0.15, 0.2) is 128 Å². The molecule has 2 heterocycles. The van der Waals surface area contributed by atoms with Gasteiger partial charge in [0.1, 0.15) is 0 Å². The van der Waals surface area contributed by atoms with Gasteiger partial charge in [-0.25, -0.2) is 0 Å². The molecule has 5 aromatic carbocycles. The molecule has 2 aromatic heterocycles. The van der Waals surface area contributed by atoms with E-state index in [9.17, 15) is 5.26 Å². The number of nitrogens with zero attached hydrogens (tertiary/aromatic N) is 3. The quantitative estimate of drug-likeness (QED) is 0.229. The number of para-hydroxylation sites is 2. The Bertz CT molecular complexity index is 2030. The number of benzene rings is 5. The number of fused-ring (bicyclic) bond motifs is 3. The van der Waals surface area contributed by atoms with Gasteiger partial charge in [-0.05, 0) is 60.4 Å². The van der Waals surface area contributed by atoms with Gasteiger partial charge in [-0.15, -0.1) is 0 Å². The minimum atomic E-state index is 0.629. The third-order valence-electron chi connectivity index (χ3n) is 7.84. The maximum Gasteiger partial charge on any atom is 0.0998 e. The van der Waals surface area contributed by atoms with E-state index >= 15 is 0 Å². The Morgan fingerprint density at radius 1 is 0.561 bits per heavy atom. The molecule has 0 fully saturated rings. The molecule has 0 aliphatic carbocycles. The van der Waals surface area contributed by atoms with Crippen molar-refractivity contribution in [3.05, 3.63) is 144 Å². The van der Waals surface area contributed by atoms with Gasteiger partial charge in [-0.3, -0.25) is 4.98 Å². The summed E-state index contributed by atoms with van der Waals surface area (Å²) in [4.78, 5) is 4.16. The smallest absolute Gasteiger partial charge is 0.0998 e. The van der Waals surface area contributed by atoms with Crippen molar-refractivity contribution in [2.24, 2.45) is 0 Å². The van der Waals surface area contributed by atoms with Gasteiger partial charge >= 0.3 is 0 Å². The zero-order valence-electron chi connectivity index (χ0n) is 23.0. The molecular formula is C38H27N3. The van der Waals surface area contributed by atoms with Crippen molar-refractivity contribution in [2.75, 3.05) is 0 Å². The van der Waals surface area contributed by atoms with Crippen molar-refractivity contribution in [2.45, 2.75) is 13.8 Å². The van der Waals surface area contributed by atoms with Crippen LogP contribution in [0.5, 0.6) is 0 Å². The first-order valence-electron chi connectivity index (χ1n) is 13.8. The van der Waals surface area contributed by atoms with E-state index in [0.717, 1.165) is 39.0 Å². The van der Waals surface area contributed by atoms with Gasteiger partial charge in [-0.1, -0.05) is 102 Å². The lowest BCUT2D eigenvalue weighted by molar-refractivity contribution is 1.18. The molecule has 41 heavy (non-hydrogen) atoms. The lowest BCUT2D eigenvalue weighted by atomic mass is 9.99. The van der Waals surface area contributed by atoms with Gasteiger partial charge < -0.3 is 4.57 Å². The van der Waals surface area contributed by atoms with E-state index in [1.165, 1.54) is 33.0 Å². The van der Waals surface area contributed by atoms with Crippen molar-refractivity contribution in [1.82, 2.24) is 9.55 Å². The molecule has 0 unspecified atom stereocenters. The summed E-state index contributed by atoms with van der Waals surface area (Å²) in [6.07, 6.45) is 3.53. The van der Waals surface area contributed by atoms with Crippen molar-refractivity contribution < 1.29 is 0 Å². The number of hydrogen-bond donors (Lipinski definition) is 0. The van der Waals surface area contributed by atoms with Crippen LogP contribution in [0.2, 0.25) is 0 Å².